The monoisotopic (exact) mass is 389 g/mol. The number of hydrogen-bond donors (Lipinski definition) is 2. The van der Waals surface area contributed by atoms with Crippen LogP contribution >= 0.6 is 11.8 Å². The van der Waals surface area contributed by atoms with Crippen molar-refractivity contribution in [2.24, 2.45) is 5.92 Å². The van der Waals surface area contributed by atoms with Crippen LogP contribution in [0.3, 0.4) is 0 Å². The number of rotatable bonds is 6. The van der Waals surface area contributed by atoms with Gasteiger partial charge in [0.2, 0.25) is 0 Å². The number of esters is 1. The van der Waals surface area contributed by atoms with Gasteiger partial charge in [-0.1, -0.05) is 38.2 Å². The molecule has 1 saturated carbocycles. The first-order valence-corrected chi connectivity index (χ1v) is 10.1. The summed E-state index contributed by atoms with van der Waals surface area (Å²) < 4.78 is 5.43. The lowest BCUT2D eigenvalue weighted by atomic mass is 9.86. The lowest BCUT2D eigenvalue weighted by molar-refractivity contribution is -0.134. The molecule has 6 nitrogen and oxygen atoms in total. The lowest BCUT2D eigenvalue weighted by Gasteiger charge is -2.20. The van der Waals surface area contributed by atoms with Crippen molar-refractivity contribution >= 4 is 35.0 Å². The molecule has 0 bridgehead atoms. The van der Waals surface area contributed by atoms with Crippen LogP contribution in [0.2, 0.25) is 0 Å². The predicted octanol–water partition coefficient (Wildman–Crippen LogP) is 3.77. The second-order valence-corrected chi connectivity index (χ2v) is 7.91. The minimum Gasteiger partial charge on any atom is -0.426 e. The summed E-state index contributed by atoms with van der Waals surface area (Å²) in [4.78, 5) is 35.3. The zero-order chi connectivity index (χ0) is 19.2. The van der Waals surface area contributed by atoms with Gasteiger partial charge in [0, 0.05) is 12.0 Å². The summed E-state index contributed by atoms with van der Waals surface area (Å²) in [5, 5.41) is 11.4. The smallest absolute Gasteiger partial charge is 0.311 e. The van der Waals surface area contributed by atoms with Gasteiger partial charge in [0.15, 0.2) is 0 Å². The second kappa shape index (κ2) is 9.19. The minimum atomic E-state index is -0.436. The fourth-order valence-corrected chi connectivity index (χ4v) is 4.14. The van der Waals surface area contributed by atoms with Gasteiger partial charge < -0.3 is 9.84 Å². The molecule has 0 radical (unpaired) electrons. The van der Waals surface area contributed by atoms with Crippen LogP contribution in [0.15, 0.2) is 23.1 Å². The Bertz CT molecular complexity index is 768. The summed E-state index contributed by atoms with van der Waals surface area (Å²) in [6, 6.07) is 4.94. The van der Waals surface area contributed by atoms with Crippen molar-refractivity contribution in [3.8, 4) is 5.75 Å². The van der Waals surface area contributed by atoms with Gasteiger partial charge in [-0.2, -0.15) is 0 Å². The Kier molecular flexibility index (Phi) is 6.68. The number of carbonyl (C=O) groups is 3. The molecular formula is C20H23NO5S. The standard InChI is InChI=1S/C20H23NO5S/c22-12-15-10-14(11-17-19(24)21-20(25)27-17)6-8-16(15)26-18(23)9-7-13-4-2-1-3-5-13/h6,8,10-11,13,22H,1-5,7,9,12H2,(H,21,24,25)/b17-11-. The van der Waals surface area contributed by atoms with Crippen LogP contribution in [-0.2, 0) is 16.2 Å². The third kappa shape index (κ3) is 5.43. The number of nitrogens with one attached hydrogen (secondary N) is 1. The molecule has 1 heterocycles. The van der Waals surface area contributed by atoms with Crippen LogP contribution in [-0.4, -0.2) is 22.2 Å². The van der Waals surface area contributed by atoms with E-state index in [1.807, 2.05) is 0 Å². The van der Waals surface area contributed by atoms with E-state index in [2.05, 4.69) is 5.32 Å². The molecule has 2 aliphatic rings. The third-order valence-corrected chi connectivity index (χ3v) is 5.71. The van der Waals surface area contributed by atoms with Crippen LogP contribution in [0, 0.1) is 5.92 Å². The first-order valence-electron chi connectivity index (χ1n) is 9.24. The van der Waals surface area contributed by atoms with Crippen LogP contribution in [0.25, 0.3) is 6.08 Å². The van der Waals surface area contributed by atoms with E-state index in [4.69, 9.17) is 4.74 Å². The van der Waals surface area contributed by atoms with Crippen LogP contribution < -0.4 is 10.1 Å². The predicted molar refractivity (Wildman–Crippen MR) is 103 cm³/mol. The van der Waals surface area contributed by atoms with E-state index in [1.165, 1.54) is 32.1 Å². The SMILES string of the molecule is O=C(CCC1CCCCC1)Oc1ccc(/C=C2\SC(=O)NC2=O)cc1CO. The number of carbonyl (C=O) groups excluding carboxylic acids is 3. The molecule has 7 heteroatoms. The molecule has 1 aromatic rings. The van der Waals surface area contributed by atoms with E-state index in [1.54, 1.807) is 24.3 Å². The van der Waals surface area contributed by atoms with Gasteiger partial charge in [0.05, 0.1) is 11.5 Å². The second-order valence-electron chi connectivity index (χ2n) is 6.89. The summed E-state index contributed by atoms with van der Waals surface area (Å²) in [5.41, 5.74) is 1.11. The normalized spacial score (nSPS) is 19.4. The summed E-state index contributed by atoms with van der Waals surface area (Å²) in [7, 11) is 0. The van der Waals surface area contributed by atoms with E-state index < -0.39 is 11.1 Å². The fourth-order valence-electron chi connectivity index (χ4n) is 3.46. The number of amides is 2. The van der Waals surface area contributed by atoms with E-state index in [0.29, 0.717) is 34.1 Å². The molecule has 3 rings (SSSR count). The van der Waals surface area contributed by atoms with Crippen molar-refractivity contribution in [3.05, 3.63) is 34.2 Å². The van der Waals surface area contributed by atoms with Crippen LogP contribution in [0.1, 0.15) is 56.1 Å². The highest BCUT2D eigenvalue weighted by Crippen LogP contribution is 2.29. The van der Waals surface area contributed by atoms with Crippen molar-refractivity contribution in [2.45, 2.75) is 51.6 Å². The number of hydrogen-bond acceptors (Lipinski definition) is 6. The third-order valence-electron chi connectivity index (χ3n) is 4.90. The molecule has 0 unspecified atom stereocenters. The molecule has 2 N–H and O–H groups in total. The van der Waals surface area contributed by atoms with Gasteiger partial charge in [0.25, 0.3) is 11.1 Å². The first-order chi connectivity index (χ1) is 13.0. The summed E-state index contributed by atoms with van der Waals surface area (Å²) in [6.07, 6.45) is 8.94. The average molecular weight is 389 g/mol. The average Bonchev–Trinajstić information content (AvgIpc) is 2.99. The Morgan fingerprint density at radius 3 is 2.70 bits per heavy atom. The molecule has 1 saturated heterocycles. The van der Waals surface area contributed by atoms with E-state index >= 15 is 0 Å². The zero-order valence-electron chi connectivity index (χ0n) is 15.0. The maximum Gasteiger partial charge on any atom is 0.311 e. The minimum absolute atomic E-state index is 0.291. The van der Waals surface area contributed by atoms with Gasteiger partial charge in [0.1, 0.15) is 5.75 Å². The molecule has 2 fully saturated rings. The highest BCUT2D eigenvalue weighted by Gasteiger charge is 2.25. The van der Waals surface area contributed by atoms with Crippen LogP contribution in [0.4, 0.5) is 4.79 Å². The number of benzene rings is 1. The van der Waals surface area contributed by atoms with E-state index in [-0.39, 0.29) is 12.6 Å². The first kappa shape index (κ1) is 19.6. The zero-order valence-corrected chi connectivity index (χ0v) is 15.8. The van der Waals surface area contributed by atoms with Gasteiger partial charge in [-0.15, -0.1) is 0 Å². The van der Waals surface area contributed by atoms with E-state index in [9.17, 15) is 19.5 Å². The van der Waals surface area contributed by atoms with Crippen LogP contribution in [0.5, 0.6) is 5.75 Å². The highest BCUT2D eigenvalue weighted by molar-refractivity contribution is 8.18. The molecule has 1 aromatic carbocycles. The molecule has 144 valence electrons. The van der Waals surface area contributed by atoms with Gasteiger partial charge in [-0.25, -0.2) is 0 Å². The number of aliphatic hydroxyl groups excluding tert-OH is 1. The Hall–Kier alpha value is -2.12. The summed E-state index contributed by atoms with van der Waals surface area (Å²) in [6.45, 7) is -0.291. The largest absolute Gasteiger partial charge is 0.426 e. The number of ether oxygens (including phenoxy) is 1. The fraction of sp³-hybridized carbons (Fsp3) is 0.450. The van der Waals surface area contributed by atoms with Gasteiger partial charge >= 0.3 is 5.97 Å². The lowest BCUT2D eigenvalue weighted by Crippen LogP contribution is -2.17. The topological polar surface area (TPSA) is 92.7 Å². The molecular weight excluding hydrogens is 366 g/mol. The number of thioether (sulfide) groups is 1. The van der Waals surface area contributed by atoms with Crippen molar-refractivity contribution < 1.29 is 24.2 Å². The molecule has 1 aliphatic carbocycles. The van der Waals surface area contributed by atoms with Crippen molar-refractivity contribution in [1.82, 2.24) is 5.32 Å². The highest BCUT2D eigenvalue weighted by atomic mass is 32.2. The molecule has 27 heavy (non-hydrogen) atoms. The Morgan fingerprint density at radius 1 is 1.26 bits per heavy atom. The van der Waals surface area contributed by atoms with Crippen molar-refractivity contribution in [3.63, 3.8) is 0 Å². The Labute approximate surface area is 162 Å². The molecule has 2 amide bonds. The van der Waals surface area contributed by atoms with Crippen molar-refractivity contribution in [1.29, 1.82) is 0 Å². The quantitative estimate of drug-likeness (QED) is 0.437. The molecule has 0 atom stereocenters. The molecule has 0 spiro atoms. The summed E-state index contributed by atoms with van der Waals surface area (Å²) in [5.74, 6) is 0.203. The molecule has 1 aliphatic heterocycles. The van der Waals surface area contributed by atoms with Crippen molar-refractivity contribution in [2.75, 3.05) is 0 Å². The maximum atomic E-state index is 12.2. The van der Waals surface area contributed by atoms with Gasteiger partial charge in [-0.3, -0.25) is 19.7 Å². The number of imide groups is 1. The summed E-state index contributed by atoms with van der Waals surface area (Å²) >= 11 is 0.831. The Balaban J connectivity index is 1.62. The van der Waals surface area contributed by atoms with Gasteiger partial charge in [-0.05, 0) is 47.9 Å². The van der Waals surface area contributed by atoms with E-state index in [0.717, 1.165) is 18.2 Å². The molecule has 0 aromatic heterocycles. The maximum absolute atomic E-state index is 12.2. The Morgan fingerprint density at radius 2 is 2.04 bits per heavy atom. The number of aliphatic hydroxyl groups is 1.